The lowest BCUT2D eigenvalue weighted by Crippen LogP contribution is -2.66. The first-order valence-corrected chi connectivity index (χ1v) is 8.34. The van der Waals surface area contributed by atoms with Gasteiger partial charge in [-0.15, -0.1) is 0 Å². The molecule has 13 heteroatoms. The maximum Gasteiger partial charge on any atom is 0.460 e. The van der Waals surface area contributed by atoms with Gasteiger partial charge in [0.05, 0.1) is 12.2 Å². The highest BCUT2D eigenvalue weighted by molar-refractivity contribution is 5.29. The van der Waals surface area contributed by atoms with Gasteiger partial charge in [-0.3, -0.25) is 0 Å². The van der Waals surface area contributed by atoms with E-state index >= 15 is 0 Å². The van der Waals surface area contributed by atoms with Gasteiger partial charge in [0.15, 0.2) is 0 Å². The van der Waals surface area contributed by atoms with E-state index in [0.29, 0.717) is 6.42 Å². The molecule has 0 spiro atoms. The molecule has 0 aliphatic rings. The van der Waals surface area contributed by atoms with Gasteiger partial charge in [-0.05, 0) is 31.0 Å². The average Bonchev–Trinajstić information content (AvgIpc) is 2.60. The fraction of sp³-hybridized carbons (Fsp3) is 0.647. The molecule has 2 atom stereocenters. The maximum absolute atomic E-state index is 13.7. The average molecular weight is 462 g/mol. The van der Waals surface area contributed by atoms with Crippen molar-refractivity contribution in [3.8, 4) is 5.75 Å². The molecule has 0 fully saturated rings. The second-order valence-electron chi connectivity index (χ2n) is 6.55. The van der Waals surface area contributed by atoms with E-state index in [1.54, 1.807) is 13.8 Å². The van der Waals surface area contributed by atoms with Crippen LogP contribution in [0.4, 0.5) is 48.3 Å². The zero-order valence-corrected chi connectivity index (χ0v) is 15.4. The summed E-state index contributed by atoms with van der Waals surface area (Å²) in [4.78, 5) is 0. The molecule has 0 aromatic heterocycles. The number of alkyl halides is 11. The van der Waals surface area contributed by atoms with Gasteiger partial charge in [-0.1, -0.05) is 19.1 Å². The van der Waals surface area contributed by atoms with E-state index in [4.69, 9.17) is 4.74 Å². The van der Waals surface area contributed by atoms with Gasteiger partial charge in [-0.25, -0.2) is 0 Å². The highest BCUT2D eigenvalue weighted by Gasteiger charge is 2.87. The normalized spacial score (nSPS) is 16.3. The second-order valence-corrected chi connectivity index (χ2v) is 6.55. The van der Waals surface area contributed by atoms with E-state index < -0.39 is 48.0 Å². The summed E-state index contributed by atoms with van der Waals surface area (Å²) < 4.78 is 148. The molecule has 0 aliphatic carbocycles. The summed E-state index contributed by atoms with van der Waals surface area (Å²) in [5, 5.41) is 9.66. The monoisotopic (exact) mass is 462 g/mol. The third-order valence-electron chi connectivity index (χ3n) is 4.23. The van der Waals surface area contributed by atoms with Gasteiger partial charge in [0.1, 0.15) is 5.75 Å². The molecule has 0 amide bonds. The lowest BCUT2D eigenvalue weighted by Gasteiger charge is -2.37. The number of rotatable bonds is 9. The lowest BCUT2D eigenvalue weighted by molar-refractivity contribution is -0.423. The third kappa shape index (κ3) is 4.75. The number of ether oxygens (including phenoxy) is 1. The molecule has 0 heterocycles. The molecular weight excluding hydrogens is 445 g/mol. The fourth-order valence-corrected chi connectivity index (χ4v) is 2.18. The van der Waals surface area contributed by atoms with Crippen LogP contribution in [0.2, 0.25) is 0 Å². The van der Waals surface area contributed by atoms with Crippen molar-refractivity contribution in [2.75, 3.05) is 0 Å². The Hall–Kier alpha value is -1.79. The van der Waals surface area contributed by atoms with Gasteiger partial charge in [0, 0.05) is 6.42 Å². The highest BCUT2D eigenvalue weighted by atomic mass is 19.4. The van der Waals surface area contributed by atoms with Crippen molar-refractivity contribution in [3.05, 3.63) is 29.8 Å². The van der Waals surface area contributed by atoms with Gasteiger partial charge < -0.3 is 9.84 Å². The Morgan fingerprint density at radius 1 is 0.800 bits per heavy atom. The molecule has 174 valence electrons. The number of halogens is 11. The Morgan fingerprint density at radius 3 is 1.67 bits per heavy atom. The first-order chi connectivity index (χ1) is 13.3. The molecular formula is C17H17F11O2. The van der Waals surface area contributed by atoms with Crippen LogP contribution in [0.25, 0.3) is 0 Å². The Morgan fingerprint density at radius 2 is 1.27 bits per heavy atom. The van der Waals surface area contributed by atoms with Crippen molar-refractivity contribution in [2.24, 2.45) is 0 Å². The minimum Gasteiger partial charge on any atom is -0.491 e. The van der Waals surface area contributed by atoms with E-state index in [1.165, 1.54) is 0 Å². The zero-order valence-electron chi connectivity index (χ0n) is 15.4. The molecule has 2 unspecified atom stereocenters. The molecule has 1 rings (SSSR count). The molecule has 1 N–H and O–H groups in total. The molecule has 0 aliphatic heterocycles. The summed E-state index contributed by atoms with van der Waals surface area (Å²) in [6, 6.07) is 4.10. The standard InChI is InChI=1S/C17H17F11O2/c1-3-9(2)30-11-6-4-10(5-7-11)12(29)8-13(18,19)14(20,21)15(22,23)16(24,25)17(26,27)28/h4-7,9,12,29H,3,8H2,1-2H3. The first-order valence-electron chi connectivity index (χ1n) is 8.34. The van der Waals surface area contributed by atoms with E-state index in [-0.39, 0.29) is 11.9 Å². The first kappa shape index (κ1) is 26.2. The SMILES string of the molecule is CCC(C)Oc1ccc(C(O)CC(F)(F)C(F)(F)C(F)(F)C(F)(F)C(F)(F)F)cc1. The number of hydrogen-bond donors (Lipinski definition) is 1. The fourth-order valence-electron chi connectivity index (χ4n) is 2.18. The van der Waals surface area contributed by atoms with Gasteiger partial charge in [-0.2, -0.15) is 48.3 Å². The van der Waals surface area contributed by atoms with Gasteiger partial charge in [0.2, 0.25) is 0 Å². The summed E-state index contributed by atoms with van der Waals surface area (Å²) in [5.74, 6) is -28.0. The van der Waals surface area contributed by atoms with Gasteiger partial charge in [0.25, 0.3) is 0 Å². The molecule has 2 nitrogen and oxygen atoms in total. The zero-order chi connectivity index (χ0) is 23.8. The quantitative estimate of drug-likeness (QED) is 0.431. The topological polar surface area (TPSA) is 29.5 Å². The number of benzene rings is 1. The minimum atomic E-state index is -7.49. The Balaban J connectivity index is 3.10. The van der Waals surface area contributed by atoms with E-state index in [1.807, 2.05) is 0 Å². The summed E-state index contributed by atoms with van der Waals surface area (Å²) in [5.41, 5.74) is -0.507. The third-order valence-corrected chi connectivity index (χ3v) is 4.23. The van der Waals surface area contributed by atoms with Crippen LogP contribution in [-0.4, -0.2) is 41.1 Å². The van der Waals surface area contributed by atoms with Crippen LogP contribution >= 0.6 is 0 Å². The van der Waals surface area contributed by atoms with Crippen molar-refractivity contribution < 1.29 is 58.1 Å². The molecule has 1 aromatic carbocycles. The highest BCUT2D eigenvalue weighted by Crippen LogP contribution is 2.58. The van der Waals surface area contributed by atoms with E-state index in [0.717, 1.165) is 24.3 Å². The van der Waals surface area contributed by atoms with Crippen molar-refractivity contribution >= 4 is 0 Å². The van der Waals surface area contributed by atoms with Crippen LogP contribution in [0.15, 0.2) is 24.3 Å². The van der Waals surface area contributed by atoms with Crippen LogP contribution < -0.4 is 4.74 Å². The minimum absolute atomic E-state index is 0.189. The van der Waals surface area contributed by atoms with Crippen LogP contribution in [0.3, 0.4) is 0 Å². The molecule has 0 bridgehead atoms. The summed E-state index contributed by atoms with van der Waals surface area (Å²) >= 11 is 0. The van der Waals surface area contributed by atoms with Crippen LogP contribution in [0.5, 0.6) is 5.75 Å². The molecule has 30 heavy (non-hydrogen) atoms. The number of hydrogen-bond acceptors (Lipinski definition) is 2. The number of aliphatic hydroxyl groups excluding tert-OH is 1. The van der Waals surface area contributed by atoms with Crippen molar-refractivity contribution in [3.63, 3.8) is 0 Å². The second kappa shape index (κ2) is 8.39. The Bertz CT molecular complexity index is 699. The molecule has 0 saturated carbocycles. The largest absolute Gasteiger partial charge is 0.491 e. The van der Waals surface area contributed by atoms with E-state index in [2.05, 4.69) is 0 Å². The Kier molecular flexibility index (Phi) is 7.34. The van der Waals surface area contributed by atoms with Crippen molar-refractivity contribution in [1.29, 1.82) is 0 Å². The van der Waals surface area contributed by atoms with Crippen LogP contribution in [-0.2, 0) is 0 Å². The molecule has 0 radical (unpaired) electrons. The molecule has 1 aromatic rings. The predicted molar refractivity (Wildman–Crippen MR) is 82.2 cm³/mol. The lowest BCUT2D eigenvalue weighted by atomic mass is 9.92. The summed E-state index contributed by atoms with van der Waals surface area (Å²) in [7, 11) is 0. The van der Waals surface area contributed by atoms with Gasteiger partial charge >= 0.3 is 29.9 Å². The van der Waals surface area contributed by atoms with Crippen molar-refractivity contribution in [1.82, 2.24) is 0 Å². The van der Waals surface area contributed by atoms with Crippen molar-refractivity contribution in [2.45, 2.75) is 68.8 Å². The molecule has 0 saturated heterocycles. The summed E-state index contributed by atoms with van der Waals surface area (Å²) in [6.45, 7) is 3.46. The maximum atomic E-state index is 13.7. The smallest absolute Gasteiger partial charge is 0.460 e. The van der Waals surface area contributed by atoms with Crippen LogP contribution in [0.1, 0.15) is 38.4 Å². The number of aliphatic hydroxyl groups is 1. The van der Waals surface area contributed by atoms with Crippen LogP contribution in [0, 0.1) is 0 Å². The summed E-state index contributed by atoms with van der Waals surface area (Å²) in [6.07, 6.45) is -12.0. The predicted octanol–water partition coefficient (Wildman–Crippen LogP) is 6.39. The van der Waals surface area contributed by atoms with E-state index in [9.17, 15) is 53.4 Å². The Labute approximate surface area is 163 Å².